The van der Waals surface area contributed by atoms with Crippen LogP contribution in [0.1, 0.15) is 24.2 Å². The fraction of sp³-hybridized carbons (Fsp3) is 0.273. The monoisotopic (exact) mass is 204 g/mol. The second-order valence-corrected chi connectivity index (χ2v) is 3.45. The molecule has 1 rings (SSSR count). The van der Waals surface area contributed by atoms with Crippen LogP contribution in [0, 0.1) is 6.57 Å². The van der Waals surface area contributed by atoms with Gasteiger partial charge in [-0.15, -0.1) is 0 Å². The molecule has 0 bridgehead atoms. The Kier molecular flexibility index (Phi) is 3.29. The topological polar surface area (TPSA) is 53.7 Å². The number of hydrogen-bond donors (Lipinski definition) is 2. The summed E-state index contributed by atoms with van der Waals surface area (Å²) in [4.78, 5) is 14.1. The smallest absolute Gasteiger partial charge is 0.336 e. The first-order valence-electron chi connectivity index (χ1n) is 4.56. The number of anilines is 1. The molecule has 15 heavy (non-hydrogen) atoms. The third-order valence-electron chi connectivity index (χ3n) is 1.81. The van der Waals surface area contributed by atoms with Gasteiger partial charge in [-0.2, -0.15) is 0 Å². The van der Waals surface area contributed by atoms with Crippen molar-refractivity contribution in [1.29, 1.82) is 0 Å². The molecule has 0 aliphatic carbocycles. The predicted octanol–water partition coefficient (Wildman–Crippen LogP) is 2.76. The van der Waals surface area contributed by atoms with E-state index in [0.717, 1.165) is 0 Å². The molecule has 1 aromatic carbocycles. The van der Waals surface area contributed by atoms with Crippen LogP contribution in [0.25, 0.3) is 4.85 Å². The summed E-state index contributed by atoms with van der Waals surface area (Å²) >= 11 is 0. The standard InChI is InChI=1S/C11H12N2O2/c1-7(2)13-10-5-4-8(12-3)6-9(10)11(14)15/h4-7,13H,1-2H3,(H,14,15). The molecule has 0 aliphatic rings. The van der Waals surface area contributed by atoms with Gasteiger partial charge < -0.3 is 10.4 Å². The van der Waals surface area contributed by atoms with Crippen molar-refractivity contribution < 1.29 is 9.90 Å². The Morgan fingerprint density at radius 3 is 2.67 bits per heavy atom. The van der Waals surface area contributed by atoms with Gasteiger partial charge in [0.1, 0.15) is 0 Å². The Morgan fingerprint density at radius 1 is 1.53 bits per heavy atom. The van der Waals surface area contributed by atoms with Crippen LogP contribution in [0.2, 0.25) is 0 Å². The summed E-state index contributed by atoms with van der Waals surface area (Å²) in [7, 11) is 0. The van der Waals surface area contributed by atoms with E-state index in [0.29, 0.717) is 11.4 Å². The Balaban J connectivity index is 3.16. The number of nitrogens with one attached hydrogen (secondary N) is 1. The lowest BCUT2D eigenvalue weighted by molar-refractivity contribution is 0.0698. The van der Waals surface area contributed by atoms with Gasteiger partial charge in [0.05, 0.1) is 12.1 Å². The van der Waals surface area contributed by atoms with E-state index < -0.39 is 5.97 Å². The fourth-order valence-corrected chi connectivity index (χ4v) is 1.22. The summed E-state index contributed by atoms with van der Waals surface area (Å²) in [5, 5.41) is 12.0. The molecule has 0 fully saturated rings. The molecule has 0 unspecified atom stereocenters. The summed E-state index contributed by atoms with van der Waals surface area (Å²) < 4.78 is 0. The predicted molar refractivity (Wildman–Crippen MR) is 58.4 cm³/mol. The van der Waals surface area contributed by atoms with E-state index in [2.05, 4.69) is 10.2 Å². The van der Waals surface area contributed by atoms with Crippen LogP contribution >= 0.6 is 0 Å². The highest BCUT2D eigenvalue weighted by Crippen LogP contribution is 2.23. The lowest BCUT2D eigenvalue weighted by Gasteiger charge is -2.12. The van der Waals surface area contributed by atoms with Crippen LogP contribution in [-0.2, 0) is 0 Å². The first kappa shape index (κ1) is 11.1. The molecular weight excluding hydrogens is 192 g/mol. The summed E-state index contributed by atoms with van der Waals surface area (Å²) in [6.07, 6.45) is 0. The molecule has 4 heteroatoms. The maximum absolute atomic E-state index is 10.9. The summed E-state index contributed by atoms with van der Waals surface area (Å²) in [5.74, 6) is -1.02. The van der Waals surface area contributed by atoms with Gasteiger partial charge in [-0.3, -0.25) is 0 Å². The van der Waals surface area contributed by atoms with Gasteiger partial charge in [0.15, 0.2) is 5.69 Å². The Bertz CT molecular complexity index is 419. The average Bonchev–Trinajstić information content (AvgIpc) is 2.17. The van der Waals surface area contributed by atoms with Gasteiger partial charge in [-0.05, 0) is 26.0 Å². The molecular formula is C11H12N2O2. The van der Waals surface area contributed by atoms with E-state index in [4.69, 9.17) is 11.7 Å². The molecule has 0 heterocycles. The number of hydrogen-bond acceptors (Lipinski definition) is 2. The van der Waals surface area contributed by atoms with E-state index >= 15 is 0 Å². The minimum Gasteiger partial charge on any atom is -0.478 e. The van der Waals surface area contributed by atoms with E-state index in [9.17, 15) is 4.79 Å². The summed E-state index contributed by atoms with van der Waals surface area (Å²) in [6, 6.07) is 4.75. The molecule has 2 N–H and O–H groups in total. The molecule has 0 aliphatic heterocycles. The van der Waals surface area contributed by atoms with Gasteiger partial charge in [-0.1, -0.05) is 6.07 Å². The van der Waals surface area contributed by atoms with E-state index in [1.54, 1.807) is 12.1 Å². The van der Waals surface area contributed by atoms with Crippen molar-refractivity contribution in [3.63, 3.8) is 0 Å². The van der Waals surface area contributed by atoms with E-state index in [1.165, 1.54) is 6.07 Å². The number of carboxylic acid groups (broad SMARTS) is 1. The fourth-order valence-electron chi connectivity index (χ4n) is 1.22. The first-order chi connectivity index (χ1) is 7.04. The minimum atomic E-state index is -1.02. The number of nitrogens with zero attached hydrogens (tertiary/aromatic N) is 1. The SMILES string of the molecule is [C-]#[N+]c1ccc(NC(C)C)c(C(=O)O)c1. The third kappa shape index (κ3) is 2.71. The largest absolute Gasteiger partial charge is 0.478 e. The highest BCUT2D eigenvalue weighted by molar-refractivity contribution is 5.95. The molecule has 78 valence electrons. The highest BCUT2D eigenvalue weighted by atomic mass is 16.4. The van der Waals surface area contributed by atoms with Crippen LogP contribution in [0.3, 0.4) is 0 Å². The van der Waals surface area contributed by atoms with Crippen molar-refractivity contribution in [3.8, 4) is 0 Å². The Labute approximate surface area is 88.4 Å². The van der Waals surface area contributed by atoms with Crippen LogP contribution < -0.4 is 5.32 Å². The molecule has 0 spiro atoms. The van der Waals surface area contributed by atoms with Gasteiger partial charge >= 0.3 is 5.97 Å². The lowest BCUT2D eigenvalue weighted by atomic mass is 10.1. The van der Waals surface area contributed by atoms with Gasteiger partial charge in [-0.25, -0.2) is 9.64 Å². The van der Waals surface area contributed by atoms with Gasteiger partial charge in [0, 0.05) is 11.7 Å². The van der Waals surface area contributed by atoms with Crippen LogP contribution in [0.15, 0.2) is 18.2 Å². The summed E-state index contributed by atoms with van der Waals surface area (Å²) in [6.45, 7) is 10.7. The Morgan fingerprint density at radius 2 is 2.20 bits per heavy atom. The zero-order chi connectivity index (χ0) is 11.4. The maximum atomic E-state index is 10.9. The molecule has 0 amide bonds. The third-order valence-corrected chi connectivity index (χ3v) is 1.81. The van der Waals surface area contributed by atoms with Crippen molar-refractivity contribution in [2.45, 2.75) is 19.9 Å². The van der Waals surface area contributed by atoms with Crippen molar-refractivity contribution in [2.75, 3.05) is 5.32 Å². The van der Waals surface area contributed by atoms with Crippen LogP contribution in [-0.4, -0.2) is 17.1 Å². The van der Waals surface area contributed by atoms with E-state index in [1.807, 2.05) is 13.8 Å². The molecule has 0 radical (unpaired) electrons. The quantitative estimate of drug-likeness (QED) is 0.744. The molecule has 4 nitrogen and oxygen atoms in total. The Hall–Kier alpha value is -2.02. The number of rotatable bonds is 3. The highest BCUT2D eigenvalue weighted by Gasteiger charge is 2.11. The zero-order valence-electron chi connectivity index (χ0n) is 8.61. The molecule has 0 aromatic heterocycles. The average molecular weight is 204 g/mol. The maximum Gasteiger partial charge on any atom is 0.336 e. The van der Waals surface area contributed by atoms with Crippen molar-refractivity contribution >= 4 is 17.3 Å². The number of carboxylic acids is 1. The van der Waals surface area contributed by atoms with Crippen molar-refractivity contribution in [2.24, 2.45) is 0 Å². The van der Waals surface area contributed by atoms with Crippen molar-refractivity contribution in [1.82, 2.24) is 0 Å². The number of benzene rings is 1. The first-order valence-corrected chi connectivity index (χ1v) is 4.56. The van der Waals surface area contributed by atoms with Crippen molar-refractivity contribution in [3.05, 3.63) is 35.2 Å². The minimum absolute atomic E-state index is 0.136. The molecule has 1 aromatic rings. The van der Waals surface area contributed by atoms with E-state index in [-0.39, 0.29) is 11.6 Å². The lowest BCUT2D eigenvalue weighted by Crippen LogP contribution is -2.13. The van der Waals surface area contributed by atoms with Crippen LogP contribution in [0.4, 0.5) is 11.4 Å². The second-order valence-electron chi connectivity index (χ2n) is 3.45. The number of carbonyl (C=O) groups is 1. The van der Waals surface area contributed by atoms with Gasteiger partial charge in [0.25, 0.3) is 0 Å². The normalized spacial score (nSPS) is 9.73. The molecule has 0 saturated carbocycles. The second kappa shape index (κ2) is 4.47. The number of aromatic carboxylic acids is 1. The zero-order valence-corrected chi connectivity index (χ0v) is 8.61. The molecule has 0 saturated heterocycles. The summed E-state index contributed by atoms with van der Waals surface area (Å²) in [5.41, 5.74) is 1.02. The van der Waals surface area contributed by atoms with Gasteiger partial charge in [0.2, 0.25) is 0 Å². The van der Waals surface area contributed by atoms with Crippen LogP contribution in [0.5, 0.6) is 0 Å². The molecule has 0 atom stereocenters.